The van der Waals surface area contributed by atoms with E-state index in [2.05, 4.69) is 9.08 Å². The van der Waals surface area contributed by atoms with Crippen LogP contribution in [0.2, 0.25) is 0 Å². The van der Waals surface area contributed by atoms with Gasteiger partial charge >= 0.3 is 0 Å². The Morgan fingerprint density at radius 3 is 3.00 bits per heavy atom. The molecule has 0 bridgehead atoms. The fourth-order valence-electron chi connectivity index (χ4n) is 0.690. The maximum Gasteiger partial charge on any atom is 0.227 e. The fraction of sp³-hybridized carbons (Fsp3) is 0.800. The van der Waals surface area contributed by atoms with Gasteiger partial charge in [0, 0.05) is 19.2 Å². The maximum atomic E-state index is 10.4. The zero-order valence-corrected chi connectivity index (χ0v) is 6.20. The average molecular weight is 146 g/mol. The van der Waals surface area contributed by atoms with E-state index in [1.807, 2.05) is 0 Å². The van der Waals surface area contributed by atoms with E-state index in [1.165, 1.54) is 6.92 Å². The summed E-state index contributed by atoms with van der Waals surface area (Å²) >= 11 is 0. The van der Waals surface area contributed by atoms with Gasteiger partial charge in [-0.25, -0.2) is 4.36 Å². The highest BCUT2D eigenvalue weighted by atomic mass is 32.2. The monoisotopic (exact) mass is 146 g/mol. The van der Waals surface area contributed by atoms with Crippen molar-refractivity contribution in [3.05, 3.63) is 0 Å². The van der Waals surface area contributed by atoms with E-state index in [0.717, 1.165) is 18.7 Å². The van der Waals surface area contributed by atoms with Crippen molar-refractivity contribution in [2.24, 2.45) is 4.36 Å². The Bertz CT molecular complexity index is 155. The molecule has 1 aliphatic heterocycles. The molecular formula is C5H10N2OS. The van der Waals surface area contributed by atoms with Crippen LogP contribution < -0.4 is 4.72 Å². The van der Waals surface area contributed by atoms with Crippen LogP contribution in [0.5, 0.6) is 0 Å². The predicted molar refractivity (Wildman–Crippen MR) is 38.0 cm³/mol. The minimum atomic E-state index is -0.132. The van der Waals surface area contributed by atoms with E-state index in [0.29, 0.717) is 0 Å². The van der Waals surface area contributed by atoms with Gasteiger partial charge in [-0.05, 0) is 17.3 Å². The Balaban J connectivity index is 2.35. The van der Waals surface area contributed by atoms with Crippen LogP contribution in [0, 0.1) is 0 Å². The van der Waals surface area contributed by atoms with E-state index in [-0.39, 0.29) is 16.8 Å². The lowest BCUT2D eigenvalue weighted by Gasteiger charge is -1.98. The zero-order valence-electron chi connectivity index (χ0n) is 5.39. The molecule has 0 aromatic heterocycles. The summed E-state index contributed by atoms with van der Waals surface area (Å²) in [5.41, 5.74) is 0. The second kappa shape index (κ2) is 2.96. The summed E-state index contributed by atoms with van der Waals surface area (Å²) < 4.78 is 6.94. The topological polar surface area (TPSA) is 41.5 Å². The first-order valence-electron chi connectivity index (χ1n) is 2.95. The number of rotatable bonds is 1. The van der Waals surface area contributed by atoms with Gasteiger partial charge in [0.15, 0.2) is 0 Å². The van der Waals surface area contributed by atoms with Crippen LogP contribution in [-0.2, 0) is 15.7 Å². The first-order valence-corrected chi connectivity index (χ1v) is 4.30. The van der Waals surface area contributed by atoms with Crippen molar-refractivity contribution in [3.8, 4) is 0 Å². The molecule has 1 heterocycles. The summed E-state index contributed by atoms with van der Waals surface area (Å²) in [5, 5.41) is 0. The lowest BCUT2D eigenvalue weighted by atomic mass is 10.5. The number of hydrogen-bond acceptors (Lipinski definition) is 2. The molecule has 3 nitrogen and oxygen atoms in total. The maximum absolute atomic E-state index is 10.4. The Morgan fingerprint density at radius 1 is 1.78 bits per heavy atom. The molecule has 9 heavy (non-hydrogen) atoms. The smallest absolute Gasteiger partial charge is 0.227 e. The van der Waals surface area contributed by atoms with Gasteiger partial charge in [-0.1, -0.05) is 0 Å². The number of carbonyl (C=O) groups is 1. The summed E-state index contributed by atoms with van der Waals surface area (Å²) in [6, 6.07) is 0. The van der Waals surface area contributed by atoms with Crippen LogP contribution in [-0.4, -0.2) is 18.2 Å². The third kappa shape index (κ3) is 2.13. The predicted octanol–water partition coefficient (Wildman–Crippen LogP) is 0.243. The summed E-state index contributed by atoms with van der Waals surface area (Å²) in [6.07, 6.45) is 1.13. The molecule has 4 heteroatoms. The Hall–Kier alpha value is -0.380. The van der Waals surface area contributed by atoms with Gasteiger partial charge in [0.1, 0.15) is 0 Å². The third-order valence-electron chi connectivity index (χ3n) is 1.00. The minimum Gasteiger partial charge on any atom is -0.292 e. The van der Waals surface area contributed by atoms with E-state index in [9.17, 15) is 4.79 Å². The standard InChI is InChI=1S/C5H10N2OS/c1-5(8)7-9-4-2-3-6-9/h2-4H2,1H3,(H,6,7,8). The first-order chi connectivity index (χ1) is 4.29. The molecule has 1 unspecified atom stereocenters. The highest BCUT2D eigenvalue weighted by Crippen LogP contribution is 1.98. The second-order valence-electron chi connectivity index (χ2n) is 1.93. The molecule has 1 atom stereocenters. The average Bonchev–Trinajstić information content (AvgIpc) is 2.15. The zero-order chi connectivity index (χ0) is 6.69. The van der Waals surface area contributed by atoms with Gasteiger partial charge in [-0.2, -0.15) is 0 Å². The molecular weight excluding hydrogens is 136 g/mol. The summed E-state index contributed by atoms with van der Waals surface area (Å²) in [6.45, 7) is 2.45. The lowest BCUT2D eigenvalue weighted by Crippen LogP contribution is -2.22. The Morgan fingerprint density at radius 2 is 2.56 bits per heavy atom. The molecule has 0 saturated heterocycles. The van der Waals surface area contributed by atoms with E-state index < -0.39 is 0 Å². The summed E-state index contributed by atoms with van der Waals surface area (Å²) in [5.74, 6) is 1.07. The van der Waals surface area contributed by atoms with Crippen molar-refractivity contribution < 1.29 is 4.79 Å². The molecule has 0 aromatic carbocycles. The molecule has 0 aromatic rings. The third-order valence-corrected chi connectivity index (χ3v) is 2.70. The quantitative estimate of drug-likeness (QED) is 0.566. The van der Waals surface area contributed by atoms with Crippen molar-refractivity contribution >= 4 is 16.8 Å². The highest BCUT2D eigenvalue weighted by Gasteiger charge is 2.03. The minimum absolute atomic E-state index is 0.0315. The van der Waals surface area contributed by atoms with Crippen LogP contribution >= 0.6 is 0 Å². The lowest BCUT2D eigenvalue weighted by molar-refractivity contribution is -0.117. The van der Waals surface area contributed by atoms with Crippen LogP contribution in [0.1, 0.15) is 13.3 Å². The number of hydrogen-bond donors (Lipinski definition) is 1. The molecule has 0 spiro atoms. The highest BCUT2D eigenvalue weighted by molar-refractivity contribution is 7.86. The van der Waals surface area contributed by atoms with Crippen LogP contribution in [0.15, 0.2) is 4.36 Å². The molecule has 1 aliphatic rings. The first kappa shape index (κ1) is 6.74. The van der Waals surface area contributed by atoms with Crippen molar-refractivity contribution in [2.75, 3.05) is 12.3 Å². The van der Waals surface area contributed by atoms with Crippen LogP contribution in [0.25, 0.3) is 0 Å². The van der Waals surface area contributed by atoms with Gasteiger partial charge in [0.25, 0.3) is 0 Å². The van der Waals surface area contributed by atoms with E-state index in [4.69, 9.17) is 0 Å². The molecule has 0 radical (unpaired) electrons. The van der Waals surface area contributed by atoms with Crippen LogP contribution in [0.4, 0.5) is 0 Å². The van der Waals surface area contributed by atoms with Gasteiger partial charge in [-0.15, -0.1) is 0 Å². The molecule has 1 N–H and O–H groups in total. The van der Waals surface area contributed by atoms with Gasteiger partial charge < -0.3 is 0 Å². The van der Waals surface area contributed by atoms with Crippen molar-refractivity contribution in [1.29, 1.82) is 0 Å². The van der Waals surface area contributed by atoms with E-state index in [1.54, 1.807) is 0 Å². The Labute approximate surface area is 57.1 Å². The summed E-state index contributed by atoms with van der Waals surface area (Å²) in [4.78, 5) is 10.4. The molecule has 52 valence electrons. The molecule has 1 rings (SSSR count). The fourth-order valence-corrected chi connectivity index (χ4v) is 2.07. The van der Waals surface area contributed by atoms with Gasteiger partial charge in [0.05, 0.1) is 0 Å². The molecule has 0 saturated carbocycles. The Kier molecular flexibility index (Phi) is 2.22. The molecule has 0 fully saturated rings. The van der Waals surface area contributed by atoms with E-state index >= 15 is 0 Å². The van der Waals surface area contributed by atoms with Gasteiger partial charge in [-0.3, -0.25) is 9.52 Å². The van der Waals surface area contributed by atoms with Crippen molar-refractivity contribution in [1.82, 2.24) is 4.72 Å². The SMILES string of the molecule is CC(=O)NS1=NCCC1. The number of amides is 1. The number of nitrogens with one attached hydrogen (secondary N) is 1. The number of nitrogens with zero attached hydrogens (tertiary/aromatic N) is 1. The van der Waals surface area contributed by atoms with Crippen molar-refractivity contribution in [3.63, 3.8) is 0 Å². The van der Waals surface area contributed by atoms with Gasteiger partial charge in [0.2, 0.25) is 5.91 Å². The largest absolute Gasteiger partial charge is 0.292 e. The second-order valence-corrected chi connectivity index (χ2v) is 3.53. The molecule has 0 aliphatic carbocycles. The van der Waals surface area contributed by atoms with Crippen LogP contribution in [0.3, 0.4) is 0 Å². The molecule has 1 amide bonds. The summed E-state index contributed by atoms with van der Waals surface area (Å²) in [7, 11) is -0.132. The number of carbonyl (C=O) groups excluding carboxylic acids is 1. The van der Waals surface area contributed by atoms with Crippen molar-refractivity contribution in [2.45, 2.75) is 13.3 Å². The normalized spacial score (nSPS) is 25.2.